The van der Waals surface area contributed by atoms with Crippen molar-refractivity contribution in [2.24, 2.45) is 0 Å². The van der Waals surface area contributed by atoms with E-state index in [0.29, 0.717) is 22.8 Å². The topological polar surface area (TPSA) is 64.4 Å². The molecule has 0 aliphatic rings. The van der Waals surface area contributed by atoms with Gasteiger partial charge in [0.1, 0.15) is 34.2 Å². The van der Waals surface area contributed by atoms with Gasteiger partial charge in [-0.25, -0.2) is 13.8 Å². The lowest BCUT2D eigenvalue weighted by Gasteiger charge is -2.04. The van der Waals surface area contributed by atoms with Crippen molar-refractivity contribution in [2.75, 3.05) is 12.4 Å². The van der Waals surface area contributed by atoms with E-state index in [2.05, 4.69) is 10.3 Å². The average molecular weight is 386 g/mol. The molecule has 0 aliphatic heterocycles. The van der Waals surface area contributed by atoms with Gasteiger partial charge in [0.2, 0.25) is 0 Å². The van der Waals surface area contributed by atoms with Crippen LogP contribution in [0.2, 0.25) is 0 Å². The molecule has 2 heterocycles. The highest BCUT2D eigenvalue weighted by Crippen LogP contribution is 2.32. The predicted molar refractivity (Wildman–Crippen MR) is 98.2 cm³/mol. The highest BCUT2D eigenvalue weighted by molar-refractivity contribution is 7.14. The summed E-state index contributed by atoms with van der Waals surface area (Å²) in [6.45, 7) is 0. The number of aromatic nitrogens is 1. The van der Waals surface area contributed by atoms with Gasteiger partial charge in [0.15, 0.2) is 10.9 Å². The zero-order valence-corrected chi connectivity index (χ0v) is 14.8. The van der Waals surface area contributed by atoms with E-state index >= 15 is 0 Å². The minimum absolute atomic E-state index is 0.204. The summed E-state index contributed by atoms with van der Waals surface area (Å²) in [4.78, 5) is 16.4. The molecule has 2 aromatic carbocycles. The Morgan fingerprint density at radius 1 is 1.19 bits per heavy atom. The van der Waals surface area contributed by atoms with Crippen molar-refractivity contribution in [1.82, 2.24) is 4.98 Å². The fourth-order valence-electron chi connectivity index (χ4n) is 2.59. The van der Waals surface area contributed by atoms with Gasteiger partial charge in [-0.15, -0.1) is 11.3 Å². The molecule has 0 unspecified atom stereocenters. The van der Waals surface area contributed by atoms with Gasteiger partial charge in [-0.05, 0) is 36.4 Å². The van der Waals surface area contributed by atoms with Gasteiger partial charge >= 0.3 is 0 Å². The number of fused-ring (bicyclic) bond motifs is 1. The van der Waals surface area contributed by atoms with Gasteiger partial charge in [0.25, 0.3) is 5.91 Å². The SMILES string of the molecule is COc1ccc2oc(-c3csc(NC(=O)c4c(F)cccc4F)n3)cc2c1. The number of furan rings is 1. The Hall–Kier alpha value is -3.26. The average Bonchev–Trinajstić information content (AvgIpc) is 3.27. The Morgan fingerprint density at radius 3 is 2.70 bits per heavy atom. The number of methoxy groups -OCH3 is 1. The first-order valence-corrected chi connectivity index (χ1v) is 8.72. The Morgan fingerprint density at radius 2 is 1.96 bits per heavy atom. The molecule has 27 heavy (non-hydrogen) atoms. The first-order chi connectivity index (χ1) is 13.0. The molecule has 0 saturated carbocycles. The number of halogens is 2. The number of carbonyl (C=O) groups excluding carboxylic acids is 1. The number of nitrogens with one attached hydrogen (secondary N) is 1. The molecule has 1 amide bonds. The summed E-state index contributed by atoms with van der Waals surface area (Å²) in [5, 5.41) is 5.14. The quantitative estimate of drug-likeness (QED) is 0.530. The van der Waals surface area contributed by atoms with Crippen molar-refractivity contribution in [3.05, 3.63) is 65.0 Å². The van der Waals surface area contributed by atoms with Crippen LogP contribution in [0.4, 0.5) is 13.9 Å². The fraction of sp³-hybridized carbons (Fsp3) is 0.0526. The second kappa shape index (κ2) is 6.81. The molecule has 0 aliphatic carbocycles. The van der Waals surface area contributed by atoms with Gasteiger partial charge < -0.3 is 9.15 Å². The van der Waals surface area contributed by atoms with Gasteiger partial charge in [0.05, 0.1) is 7.11 Å². The number of benzene rings is 2. The third kappa shape index (κ3) is 3.26. The van der Waals surface area contributed by atoms with E-state index in [1.165, 1.54) is 6.07 Å². The van der Waals surface area contributed by atoms with Crippen LogP contribution in [0.15, 0.2) is 52.3 Å². The van der Waals surface area contributed by atoms with E-state index in [1.807, 2.05) is 6.07 Å². The van der Waals surface area contributed by atoms with Crippen molar-refractivity contribution >= 4 is 33.3 Å². The van der Waals surface area contributed by atoms with E-state index in [1.54, 1.807) is 30.7 Å². The Labute approximate surface area is 156 Å². The summed E-state index contributed by atoms with van der Waals surface area (Å²) in [5.74, 6) is -1.56. The molecule has 0 bridgehead atoms. The van der Waals surface area contributed by atoms with E-state index in [-0.39, 0.29) is 5.13 Å². The standard InChI is InChI=1S/C19H12F2N2O3S/c1-25-11-5-6-15-10(7-11)8-16(26-15)14-9-27-19(22-14)23-18(24)17-12(20)3-2-4-13(17)21/h2-9H,1H3,(H,22,23,24). The van der Waals surface area contributed by atoms with Crippen molar-refractivity contribution in [1.29, 1.82) is 0 Å². The van der Waals surface area contributed by atoms with Gasteiger partial charge in [-0.1, -0.05) is 6.07 Å². The number of hydrogen-bond acceptors (Lipinski definition) is 5. The molecule has 4 aromatic rings. The van der Waals surface area contributed by atoms with E-state index in [0.717, 1.165) is 28.9 Å². The second-order valence-electron chi connectivity index (χ2n) is 5.60. The van der Waals surface area contributed by atoms with Gasteiger partial charge in [-0.3, -0.25) is 10.1 Å². The third-order valence-corrected chi connectivity index (χ3v) is 4.65. The van der Waals surface area contributed by atoms with Gasteiger partial charge in [-0.2, -0.15) is 0 Å². The molecule has 136 valence electrons. The summed E-state index contributed by atoms with van der Waals surface area (Å²) in [5.41, 5.74) is 0.516. The maximum absolute atomic E-state index is 13.7. The maximum Gasteiger partial charge on any atom is 0.263 e. The lowest BCUT2D eigenvalue weighted by atomic mass is 10.2. The fourth-order valence-corrected chi connectivity index (χ4v) is 3.29. The van der Waals surface area contributed by atoms with Gasteiger partial charge in [0, 0.05) is 10.8 Å². The summed E-state index contributed by atoms with van der Waals surface area (Å²) in [7, 11) is 1.58. The molecule has 4 rings (SSSR count). The highest BCUT2D eigenvalue weighted by atomic mass is 32.1. The molecule has 5 nitrogen and oxygen atoms in total. The summed E-state index contributed by atoms with van der Waals surface area (Å²) >= 11 is 1.12. The summed E-state index contributed by atoms with van der Waals surface area (Å²) in [6.07, 6.45) is 0. The number of hydrogen-bond donors (Lipinski definition) is 1. The molecule has 1 N–H and O–H groups in total. The zero-order chi connectivity index (χ0) is 19.0. The normalized spacial score (nSPS) is 10.9. The molecule has 0 fully saturated rings. The maximum atomic E-state index is 13.7. The third-order valence-electron chi connectivity index (χ3n) is 3.89. The van der Waals surface area contributed by atoms with Crippen LogP contribution in [0.3, 0.4) is 0 Å². The molecule has 0 spiro atoms. The minimum atomic E-state index is -0.935. The molecule has 8 heteroatoms. The van der Waals surface area contributed by atoms with E-state index < -0.39 is 23.1 Å². The number of ether oxygens (including phenoxy) is 1. The van der Waals surface area contributed by atoms with Crippen LogP contribution in [0.5, 0.6) is 5.75 Å². The largest absolute Gasteiger partial charge is 0.497 e. The van der Waals surface area contributed by atoms with Crippen LogP contribution in [0.25, 0.3) is 22.4 Å². The van der Waals surface area contributed by atoms with Crippen LogP contribution in [-0.2, 0) is 0 Å². The smallest absolute Gasteiger partial charge is 0.263 e. The summed E-state index contributed by atoms with van der Waals surface area (Å²) < 4.78 is 38.4. The number of thiazole rings is 1. The van der Waals surface area contributed by atoms with E-state index in [4.69, 9.17) is 9.15 Å². The molecule has 0 radical (unpaired) electrons. The van der Waals surface area contributed by atoms with Crippen LogP contribution in [0, 0.1) is 11.6 Å². The molecule has 2 aromatic heterocycles. The van der Waals surface area contributed by atoms with Crippen molar-refractivity contribution in [3.63, 3.8) is 0 Å². The predicted octanol–water partition coefficient (Wildman–Crippen LogP) is 5.10. The monoisotopic (exact) mass is 386 g/mol. The van der Waals surface area contributed by atoms with Crippen LogP contribution in [0.1, 0.15) is 10.4 Å². The molecular weight excluding hydrogens is 374 g/mol. The number of nitrogens with zero attached hydrogens (tertiary/aromatic N) is 1. The van der Waals surface area contributed by atoms with Crippen molar-refractivity contribution in [2.45, 2.75) is 0 Å². The van der Waals surface area contributed by atoms with Crippen LogP contribution < -0.4 is 10.1 Å². The van der Waals surface area contributed by atoms with Crippen LogP contribution in [-0.4, -0.2) is 18.0 Å². The number of rotatable bonds is 4. The molecule has 0 saturated heterocycles. The number of anilines is 1. The number of carbonyl (C=O) groups is 1. The van der Waals surface area contributed by atoms with Crippen molar-refractivity contribution < 1.29 is 22.7 Å². The Balaban J connectivity index is 1.59. The second-order valence-corrected chi connectivity index (χ2v) is 6.46. The first-order valence-electron chi connectivity index (χ1n) is 7.84. The number of amides is 1. The van der Waals surface area contributed by atoms with Crippen molar-refractivity contribution in [3.8, 4) is 17.2 Å². The van der Waals surface area contributed by atoms with E-state index in [9.17, 15) is 13.6 Å². The lowest BCUT2D eigenvalue weighted by molar-refractivity contribution is 0.101. The molecular formula is C19H12F2N2O3S. The summed E-state index contributed by atoms with van der Waals surface area (Å²) in [6, 6.07) is 10.4. The Bertz CT molecular complexity index is 1130. The first kappa shape index (κ1) is 17.2. The van der Waals surface area contributed by atoms with Crippen LogP contribution >= 0.6 is 11.3 Å². The lowest BCUT2D eigenvalue weighted by Crippen LogP contribution is -2.15. The molecule has 0 atom stereocenters. The highest BCUT2D eigenvalue weighted by Gasteiger charge is 2.19. The minimum Gasteiger partial charge on any atom is -0.497 e. The Kier molecular flexibility index (Phi) is 4.33. The zero-order valence-electron chi connectivity index (χ0n) is 14.0.